The lowest BCUT2D eigenvalue weighted by atomic mass is 9.88. The number of ketones is 2. The molecule has 0 spiro atoms. The van der Waals surface area contributed by atoms with Crippen molar-refractivity contribution in [1.82, 2.24) is 0 Å². The summed E-state index contributed by atoms with van der Waals surface area (Å²) < 4.78 is 4.98. The van der Waals surface area contributed by atoms with Gasteiger partial charge < -0.3 is 14.9 Å². The lowest BCUT2D eigenvalue weighted by Crippen LogP contribution is -2.16. The maximum absolute atomic E-state index is 12.0. The molecule has 1 aliphatic carbocycles. The quantitative estimate of drug-likeness (QED) is 0.354. The van der Waals surface area contributed by atoms with E-state index in [1.807, 2.05) is 37.3 Å². The van der Waals surface area contributed by atoms with Gasteiger partial charge in [-0.3, -0.25) is 9.59 Å². The molecule has 0 unspecified atom stereocenters. The van der Waals surface area contributed by atoms with Crippen LogP contribution in [0, 0.1) is 0 Å². The highest BCUT2D eigenvalue weighted by molar-refractivity contribution is 6.27. The fraction of sp³-hybridized carbons (Fsp3) is 0.172. The summed E-state index contributed by atoms with van der Waals surface area (Å²) >= 11 is 0. The van der Waals surface area contributed by atoms with Gasteiger partial charge >= 0.3 is 0 Å². The number of ether oxygens (including phenoxy) is 1. The SMILES string of the molecule is CCC(c1ccccc1O)c1ccccc1O.COC1=CC=C(C(=O)c2ccccc2)C(=O)C1. The number of carbonyl (C=O) groups excluding carboxylic acids is 2. The molecule has 4 rings (SSSR count). The fourth-order valence-corrected chi connectivity index (χ4v) is 3.84. The maximum atomic E-state index is 12.0. The Morgan fingerprint density at radius 3 is 1.85 bits per heavy atom. The van der Waals surface area contributed by atoms with Crippen molar-refractivity contribution < 1.29 is 24.5 Å². The van der Waals surface area contributed by atoms with Gasteiger partial charge in [-0.15, -0.1) is 0 Å². The molecule has 0 aliphatic heterocycles. The summed E-state index contributed by atoms with van der Waals surface area (Å²) in [6.07, 6.45) is 4.17. The molecule has 5 nitrogen and oxygen atoms in total. The zero-order valence-electron chi connectivity index (χ0n) is 19.3. The fourth-order valence-electron chi connectivity index (χ4n) is 3.84. The third kappa shape index (κ3) is 5.81. The minimum atomic E-state index is -0.234. The first-order valence-electron chi connectivity index (χ1n) is 11.1. The molecule has 0 saturated carbocycles. The van der Waals surface area contributed by atoms with Crippen LogP contribution in [0.5, 0.6) is 11.5 Å². The van der Waals surface area contributed by atoms with E-state index in [9.17, 15) is 19.8 Å². The number of hydrogen-bond acceptors (Lipinski definition) is 5. The summed E-state index contributed by atoms with van der Waals surface area (Å²) in [6, 6.07) is 23.3. The summed E-state index contributed by atoms with van der Waals surface area (Å²) in [5.74, 6) is 0.738. The Morgan fingerprint density at radius 1 is 0.853 bits per heavy atom. The predicted octanol–water partition coefficient (Wildman–Crippen LogP) is 5.94. The van der Waals surface area contributed by atoms with Crippen molar-refractivity contribution in [2.45, 2.75) is 25.7 Å². The molecule has 1 aliphatic rings. The van der Waals surface area contributed by atoms with Crippen molar-refractivity contribution in [3.05, 3.63) is 119 Å². The summed E-state index contributed by atoms with van der Waals surface area (Å²) in [4.78, 5) is 23.8. The molecule has 3 aromatic carbocycles. The van der Waals surface area contributed by atoms with E-state index in [4.69, 9.17) is 4.74 Å². The van der Waals surface area contributed by atoms with Crippen LogP contribution in [0.3, 0.4) is 0 Å². The number of aromatic hydroxyl groups is 2. The van der Waals surface area contributed by atoms with Gasteiger partial charge in [0.25, 0.3) is 0 Å². The first-order valence-corrected chi connectivity index (χ1v) is 11.1. The molecule has 0 heterocycles. The number of methoxy groups -OCH3 is 1. The van der Waals surface area contributed by atoms with E-state index in [2.05, 4.69) is 0 Å². The molecule has 0 radical (unpaired) electrons. The van der Waals surface area contributed by atoms with Crippen LogP contribution in [-0.4, -0.2) is 28.9 Å². The molecule has 0 fully saturated rings. The third-order valence-electron chi connectivity index (χ3n) is 5.65. The molecular formula is C29H28O5. The van der Waals surface area contributed by atoms with Gasteiger partial charge in [0.05, 0.1) is 19.1 Å². The summed E-state index contributed by atoms with van der Waals surface area (Å²) in [5.41, 5.74) is 2.46. The Balaban J connectivity index is 0.000000191. The van der Waals surface area contributed by atoms with E-state index in [0.29, 0.717) is 11.3 Å². The van der Waals surface area contributed by atoms with Crippen molar-refractivity contribution in [2.75, 3.05) is 7.11 Å². The summed E-state index contributed by atoms with van der Waals surface area (Å²) in [7, 11) is 1.51. The minimum absolute atomic E-state index is 0.0254. The molecule has 34 heavy (non-hydrogen) atoms. The highest BCUT2D eigenvalue weighted by Gasteiger charge is 2.23. The second kappa shape index (κ2) is 11.7. The van der Waals surface area contributed by atoms with Crippen molar-refractivity contribution in [2.24, 2.45) is 0 Å². The standard InChI is InChI=1S/C15H16O2.C14H12O3/c1-2-11(12-7-3-5-9-14(12)16)13-8-4-6-10-15(13)17;1-17-11-7-8-12(13(15)9-11)14(16)10-5-3-2-4-6-10/h3-11,16-17H,2H2,1H3;2-8H,9H2,1H3. The Hall–Kier alpha value is -4.12. The molecule has 0 bridgehead atoms. The average molecular weight is 457 g/mol. The Kier molecular flexibility index (Phi) is 8.41. The first-order chi connectivity index (χ1) is 16.5. The second-order valence-corrected chi connectivity index (χ2v) is 7.79. The maximum Gasteiger partial charge on any atom is 0.196 e. The lowest BCUT2D eigenvalue weighted by molar-refractivity contribution is -0.115. The lowest BCUT2D eigenvalue weighted by Gasteiger charge is -2.18. The van der Waals surface area contributed by atoms with E-state index in [-0.39, 0.29) is 41.0 Å². The Morgan fingerprint density at radius 2 is 1.38 bits per heavy atom. The molecule has 174 valence electrons. The number of allylic oxidation sites excluding steroid dienone is 4. The number of rotatable bonds is 6. The molecule has 5 heteroatoms. The molecule has 0 atom stereocenters. The molecule has 0 saturated heterocycles. The number of Topliss-reactive ketones (excluding diaryl/α,β-unsaturated/α-hetero) is 2. The molecule has 0 amide bonds. The van der Waals surface area contributed by atoms with E-state index in [1.165, 1.54) is 13.2 Å². The first kappa shape index (κ1) is 24.5. The smallest absolute Gasteiger partial charge is 0.196 e. The second-order valence-electron chi connectivity index (χ2n) is 7.79. The van der Waals surface area contributed by atoms with Crippen molar-refractivity contribution >= 4 is 11.6 Å². The van der Waals surface area contributed by atoms with Crippen LogP contribution in [0.1, 0.15) is 47.2 Å². The zero-order valence-corrected chi connectivity index (χ0v) is 19.3. The number of phenols is 2. The van der Waals surface area contributed by atoms with Gasteiger partial charge in [-0.25, -0.2) is 0 Å². The van der Waals surface area contributed by atoms with E-state index in [0.717, 1.165) is 17.5 Å². The van der Waals surface area contributed by atoms with Crippen LogP contribution in [0.25, 0.3) is 0 Å². The van der Waals surface area contributed by atoms with Gasteiger partial charge in [-0.2, -0.15) is 0 Å². The van der Waals surface area contributed by atoms with Crippen LogP contribution in [0.4, 0.5) is 0 Å². The van der Waals surface area contributed by atoms with Gasteiger partial charge in [0.2, 0.25) is 0 Å². The average Bonchev–Trinajstić information content (AvgIpc) is 2.87. The van der Waals surface area contributed by atoms with E-state index < -0.39 is 0 Å². The third-order valence-corrected chi connectivity index (χ3v) is 5.65. The highest BCUT2D eigenvalue weighted by atomic mass is 16.5. The summed E-state index contributed by atoms with van der Waals surface area (Å²) in [5, 5.41) is 19.8. The molecule has 2 N–H and O–H groups in total. The number of benzene rings is 3. The van der Waals surface area contributed by atoms with Crippen LogP contribution in [0.2, 0.25) is 0 Å². The molecular weight excluding hydrogens is 428 g/mol. The molecule has 3 aromatic rings. The monoisotopic (exact) mass is 456 g/mol. The van der Waals surface area contributed by atoms with Gasteiger partial charge in [0.15, 0.2) is 11.6 Å². The number of para-hydroxylation sites is 2. The van der Waals surface area contributed by atoms with Gasteiger partial charge in [0.1, 0.15) is 17.3 Å². The normalized spacial score (nSPS) is 12.9. The van der Waals surface area contributed by atoms with Crippen molar-refractivity contribution in [3.63, 3.8) is 0 Å². The van der Waals surface area contributed by atoms with Gasteiger partial charge in [-0.05, 0) is 30.7 Å². The largest absolute Gasteiger partial charge is 0.508 e. The van der Waals surface area contributed by atoms with Crippen LogP contribution in [-0.2, 0) is 9.53 Å². The molecule has 0 aromatic heterocycles. The van der Waals surface area contributed by atoms with Crippen LogP contribution < -0.4 is 0 Å². The zero-order chi connectivity index (χ0) is 24.5. The Bertz CT molecular complexity index is 1160. The van der Waals surface area contributed by atoms with Crippen molar-refractivity contribution in [1.29, 1.82) is 0 Å². The van der Waals surface area contributed by atoms with E-state index >= 15 is 0 Å². The number of carbonyl (C=O) groups is 2. The highest BCUT2D eigenvalue weighted by Crippen LogP contribution is 2.37. The van der Waals surface area contributed by atoms with Crippen molar-refractivity contribution in [3.8, 4) is 11.5 Å². The van der Waals surface area contributed by atoms with E-state index in [1.54, 1.807) is 54.6 Å². The topological polar surface area (TPSA) is 83.8 Å². The minimum Gasteiger partial charge on any atom is -0.508 e. The van der Waals surface area contributed by atoms with Gasteiger partial charge in [-0.1, -0.05) is 73.7 Å². The van der Waals surface area contributed by atoms with Crippen LogP contribution >= 0.6 is 0 Å². The Labute approximate surface area is 199 Å². The summed E-state index contributed by atoms with van der Waals surface area (Å²) in [6.45, 7) is 2.05. The van der Waals surface area contributed by atoms with Gasteiger partial charge in [0, 0.05) is 22.6 Å². The predicted molar refractivity (Wildman–Crippen MR) is 132 cm³/mol. The number of hydrogen-bond donors (Lipinski definition) is 2. The number of phenolic OH excluding ortho intramolecular Hbond substituents is 2. The van der Waals surface area contributed by atoms with Crippen LogP contribution in [0.15, 0.2) is 102 Å².